The van der Waals surface area contributed by atoms with Gasteiger partial charge in [-0.15, -0.1) is 0 Å². The zero-order chi connectivity index (χ0) is 13.9. The Hall–Kier alpha value is -0.820. The minimum Gasteiger partial charge on any atom is -0.477 e. The Labute approximate surface area is 117 Å². The van der Waals surface area contributed by atoms with Gasteiger partial charge in [0.1, 0.15) is 5.56 Å². The van der Waals surface area contributed by atoms with E-state index in [-0.39, 0.29) is 17.0 Å². The monoisotopic (exact) mass is 338 g/mol. The lowest BCUT2D eigenvalue weighted by Crippen LogP contribution is -2.14. The highest BCUT2D eigenvalue weighted by Gasteiger charge is 2.35. The van der Waals surface area contributed by atoms with Crippen molar-refractivity contribution in [2.45, 2.75) is 19.0 Å². The highest BCUT2D eigenvalue weighted by Crippen LogP contribution is 2.36. The fourth-order valence-electron chi connectivity index (χ4n) is 2.03. The quantitative estimate of drug-likeness (QED) is 0.915. The summed E-state index contributed by atoms with van der Waals surface area (Å²) in [6.45, 7) is 2.13. The van der Waals surface area contributed by atoms with Crippen molar-refractivity contribution in [1.29, 1.82) is 0 Å². The van der Waals surface area contributed by atoms with Crippen LogP contribution in [-0.2, 0) is 6.18 Å². The van der Waals surface area contributed by atoms with Crippen LogP contribution in [0.5, 0.6) is 5.88 Å². The van der Waals surface area contributed by atoms with Gasteiger partial charge in [0.25, 0.3) is 0 Å². The van der Waals surface area contributed by atoms with Crippen LogP contribution in [0.15, 0.2) is 16.7 Å². The van der Waals surface area contributed by atoms with Crippen LogP contribution < -0.4 is 10.1 Å². The van der Waals surface area contributed by atoms with Crippen molar-refractivity contribution in [2.75, 3.05) is 19.7 Å². The molecule has 1 aromatic heterocycles. The molecule has 1 aliphatic heterocycles. The maximum Gasteiger partial charge on any atom is 0.421 e. The highest BCUT2D eigenvalue weighted by molar-refractivity contribution is 9.10. The third-order valence-electron chi connectivity index (χ3n) is 3.05. The van der Waals surface area contributed by atoms with Gasteiger partial charge in [0, 0.05) is 10.7 Å². The van der Waals surface area contributed by atoms with Gasteiger partial charge in [-0.05, 0) is 53.8 Å². The third kappa shape index (κ3) is 4.07. The minimum atomic E-state index is -4.46. The molecule has 1 atom stereocenters. The van der Waals surface area contributed by atoms with E-state index in [2.05, 4.69) is 26.2 Å². The molecule has 7 heteroatoms. The highest BCUT2D eigenvalue weighted by atomic mass is 79.9. The van der Waals surface area contributed by atoms with Gasteiger partial charge >= 0.3 is 6.18 Å². The van der Waals surface area contributed by atoms with E-state index in [1.54, 1.807) is 0 Å². The van der Waals surface area contributed by atoms with Gasteiger partial charge in [-0.1, -0.05) is 0 Å². The van der Waals surface area contributed by atoms with Crippen LogP contribution in [0.3, 0.4) is 0 Å². The number of hydrogen-bond acceptors (Lipinski definition) is 3. The zero-order valence-corrected chi connectivity index (χ0v) is 11.7. The van der Waals surface area contributed by atoms with Gasteiger partial charge in [-0.25, -0.2) is 4.98 Å². The van der Waals surface area contributed by atoms with Crippen molar-refractivity contribution in [1.82, 2.24) is 10.3 Å². The Kier molecular flexibility index (Phi) is 4.67. The molecule has 0 radical (unpaired) electrons. The predicted molar refractivity (Wildman–Crippen MR) is 68.0 cm³/mol. The number of pyridine rings is 1. The second-order valence-corrected chi connectivity index (χ2v) is 5.42. The Morgan fingerprint density at radius 3 is 2.89 bits per heavy atom. The Morgan fingerprint density at radius 2 is 2.26 bits per heavy atom. The topological polar surface area (TPSA) is 34.1 Å². The lowest BCUT2D eigenvalue weighted by molar-refractivity contribution is -0.139. The second-order valence-electron chi connectivity index (χ2n) is 4.50. The molecule has 3 nitrogen and oxygen atoms in total. The normalized spacial score (nSPS) is 19.7. The summed E-state index contributed by atoms with van der Waals surface area (Å²) in [4.78, 5) is 3.70. The largest absolute Gasteiger partial charge is 0.477 e. The molecule has 106 valence electrons. The van der Waals surface area contributed by atoms with Crippen molar-refractivity contribution >= 4 is 15.9 Å². The van der Waals surface area contributed by atoms with Crippen LogP contribution in [0.2, 0.25) is 0 Å². The predicted octanol–water partition coefficient (Wildman–Crippen LogP) is 3.24. The van der Waals surface area contributed by atoms with E-state index in [0.29, 0.717) is 5.92 Å². The maximum atomic E-state index is 12.8. The lowest BCUT2D eigenvalue weighted by Gasteiger charge is -2.14. The van der Waals surface area contributed by atoms with Crippen molar-refractivity contribution in [3.05, 3.63) is 22.3 Å². The third-order valence-corrected chi connectivity index (χ3v) is 3.48. The molecule has 0 aromatic carbocycles. The van der Waals surface area contributed by atoms with Gasteiger partial charge in [-0.3, -0.25) is 0 Å². The van der Waals surface area contributed by atoms with Gasteiger partial charge in [0.2, 0.25) is 5.88 Å². The van der Waals surface area contributed by atoms with E-state index >= 15 is 0 Å². The Balaban J connectivity index is 1.98. The number of hydrogen-bond donors (Lipinski definition) is 1. The van der Waals surface area contributed by atoms with Crippen molar-refractivity contribution < 1.29 is 17.9 Å². The summed E-state index contributed by atoms with van der Waals surface area (Å²) in [7, 11) is 0. The van der Waals surface area contributed by atoms with E-state index in [1.807, 2.05) is 0 Å². The van der Waals surface area contributed by atoms with Crippen LogP contribution in [0.4, 0.5) is 13.2 Å². The molecule has 0 spiro atoms. The number of nitrogens with one attached hydrogen (secondary N) is 1. The summed E-state index contributed by atoms with van der Waals surface area (Å²) in [5.41, 5.74) is -0.841. The van der Waals surface area contributed by atoms with Gasteiger partial charge in [0.05, 0.1) is 6.61 Å². The molecular formula is C12H14BrF3N2O. The van der Waals surface area contributed by atoms with E-state index in [9.17, 15) is 13.2 Å². The van der Waals surface area contributed by atoms with E-state index < -0.39 is 11.7 Å². The van der Waals surface area contributed by atoms with E-state index in [4.69, 9.17) is 4.74 Å². The molecule has 2 heterocycles. The maximum absolute atomic E-state index is 12.8. The summed E-state index contributed by atoms with van der Waals surface area (Å²) >= 11 is 2.98. The molecule has 2 rings (SSSR count). The smallest absolute Gasteiger partial charge is 0.421 e. The molecule has 1 fully saturated rings. The van der Waals surface area contributed by atoms with Gasteiger partial charge < -0.3 is 10.1 Å². The number of rotatable bonds is 4. The van der Waals surface area contributed by atoms with Crippen LogP contribution in [0.25, 0.3) is 0 Å². The summed E-state index contributed by atoms with van der Waals surface area (Å²) in [6.07, 6.45) is -1.37. The Morgan fingerprint density at radius 1 is 1.47 bits per heavy atom. The summed E-state index contributed by atoms with van der Waals surface area (Å²) in [5.74, 6) is 0.131. The minimum absolute atomic E-state index is 0.254. The first-order chi connectivity index (χ1) is 8.97. The lowest BCUT2D eigenvalue weighted by atomic mass is 10.1. The second kappa shape index (κ2) is 6.09. The first-order valence-corrected chi connectivity index (χ1v) is 6.82. The molecule has 1 unspecified atom stereocenters. The van der Waals surface area contributed by atoms with Crippen molar-refractivity contribution in [3.63, 3.8) is 0 Å². The standard InChI is InChI=1S/C12H14BrF3N2O/c13-9-5-10(12(14,15)16)11(18-7-9)19-4-2-8-1-3-17-6-8/h5,7-8,17H,1-4,6H2. The number of halogens is 4. The molecular weight excluding hydrogens is 325 g/mol. The van der Waals surface area contributed by atoms with Crippen LogP contribution in [0.1, 0.15) is 18.4 Å². The number of ether oxygens (including phenoxy) is 1. The first kappa shape index (κ1) is 14.6. The van der Waals surface area contributed by atoms with E-state index in [0.717, 1.165) is 32.0 Å². The molecule has 1 saturated heterocycles. The fourth-order valence-corrected chi connectivity index (χ4v) is 2.36. The van der Waals surface area contributed by atoms with Crippen LogP contribution in [-0.4, -0.2) is 24.7 Å². The molecule has 1 aliphatic rings. The average Bonchev–Trinajstić information content (AvgIpc) is 2.83. The molecule has 0 aliphatic carbocycles. The molecule has 0 amide bonds. The fraction of sp³-hybridized carbons (Fsp3) is 0.583. The molecule has 19 heavy (non-hydrogen) atoms. The summed E-state index contributed by atoms with van der Waals surface area (Å²) in [6, 6.07) is 0.986. The number of aromatic nitrogens is 1. The zero-order valence-electron chi connectivity index (χ0n) is 10.1. The van der Waals surface area contributed by atoms with Gasteiger partial charge in [0.15, 0.2) is 0 Å². The van der Waals surface area contributed by atoms with Crippen molar-refractivity contribution in [2.24, 2.45) is 5.92 Å². The van der Waals surface area contributed by atoms with Crippen molar-refractivity contribution in [3.8, 4) is 5.88 Å². The number of alkyl halides is 3. The average molecular weight is 339 g/mol. The molecule has 0 saturated carbocycles. The summed E-state index contributed by atoms with van der Waals surface area (Å²) in [5, 5.41) is 3.21. The summed E-state index contributed by atoms with van der Waals surface area (Å²) < 4.78 is 43.9. The SMILES string of the molecule is FC(F)(F)c1cc(Br)cnc1OCCC1CCNC1. The molecule has 0 bridgehead atoms. The molecule has 1 aromatic rings. The first-order valence-electron chi connectivity index (χ1n) is 6.03. The number of nitrogens with zero attached hydrogens (tertiary/aromatic N) is 1. The molecule has 1 N–H and O–H groups in total. The van der Waals surface area contributed by atoms with Gasteiger partial charge in [-0.2, -0.15) is 13.2 Å². The van der Waals surface area contributed by atoms with Crippen LogP contribution >= 0.6 is 15.9 Å². The van der Waals surface area contributed by atoms with E-state index in [1.165, 1.54) is 6.20 Å². The Bertz CT molecular complexity index is 433. The van der Waals surface area contributed by atoms with Crippen LogP contribution in [0, 0.1) is 5.92 Å².